The fraction of sp³-hybridized carbons (Fsp3) is 0.133. The number of aromatic nitrogens is 1. The third kappa shape index (κ3) is 3.30. The number of nitrogens with one attached hydrogen (secondary N) is 1. The van der Waals surface area contributed by atoms with Gasteiger partial charge in [-0.2, -0.15) is 4.37 Å². The van der Waals surface area contributed by atoms with Gasteiger partial charge in [-0.1, -0.05) is 30.3 Å². The third-order valence-corrected chi connectivity index (χ3v) is 3.85. The number of anilines is 1. The molecule has 22 heavy (non-hydrogen) atoms. The van der Waals surface area contributed by atoms with Crippen LogP contribution < -0.4 is 10.1 Å². The molecule has 0 unspecified atom stereocenters. The minimum atomic E-state index is -4.70. The third-order valence-electron chi connectivity index (χ3n) is 3.02. The Balaban J connectivity index is 1.79. The van der Waals surface area contributed by atoms with Crippen molar-refractivity contribution in [2.45, 2.75) is 12.9 Å². The number of ether oxygens (including phenoxy) is 1. The fourth-order valence-electron chi connectivity index (χ4n) is 2.07. The van der Waals surface area contributed by atoms with Crippen LogP contribution in [0.3, 0.4) is 0 Å². The Morgan fingerprint density at radius 1 is 1.05 bits per heavy atom. The highest BCUT2D eigenvalue weighted by atomic mass is 32.1. The molecule has 1 aromatic heterocycles. The van der Waals surface area contributed by atoms with E-state index in [2.05, 4.69) is 14.4 Å². The van der Waals surface area contributed by atoms with Gasteiger partial charge in [-0.05, 0) is 29.7 Å². The van der Waals surface area contributed by atoms with Crippen molar-refractivity contribution in [1.29, 1.82) is 0 Å². The van der Waals surface area contributed by atoms with Crippen molar-refractivity contribution in [1.82, 2.24) is 4.37 Å². The van der Waals surface area contributed by atoms with Crippen molar-refractivity contribution in [3.05, 3.63) is 54.1 Å². The van der Waals surface area contributed by atoms with Crippen LogP contribution in [0.4, 0.5) is 19.0 Å². The zero-order valence-corrected chi connectivity index (χ0v) is 12.0. The van der Waals surface area contributed by atoms with Crippen molar-refractivity contribution in [2.75, 3.05) is 5.32 Å². The molecule has 0 saturated heterocycles. The second kappa shape index (κ2) is 5.84. The molecule has 3 rings (SSSR count). The minimum Gasteiger partial charge on any atom is -0.405 e. The van der Waals surface area contributed by atoms with Gasteiger partial charge >= 0.3 is 6.36 Å². The summed E-state index contributed by atoms with van der Waals surface area (Å²) in [4.78, 5) is 0. The van der Waals surface area contributed by atoms with Crippen LogP contribution in [0.1, 0.15) is 5.56 Å². The Kier molecular flexibility index (Phi) is 3.89. The van der Waals surface area contributed by atoms with E-state index in [1.54, 1.807) is 12.1 Å². The van der Waals surface area contributed by atoms with E-state index in [-0.39, 0.29) is 12.3 Å². The SMILES string of the molecule is FC(F)(F)Oc1ccccc1CNc1nsc2ccccc12. The summed E-state index contributed by atoms with van der Waals surface area (Å²) >= 11 is 1.34. The lowest BCUT2D eigenvalue weighted by Gasteiger charge is -2.13. The average Bonchev–Trinajstić information content (AvgIpc) is 2.88. The van der Waals surface area contributed by atoms with Crippen molar-refractivity contribution >= 4 is 27.4 Å². The summed E-state index contributed by atoms with van der Waals surface area (Å²) in [5.41, 5.74) is 0.414. The second-order valence-corrected chi connectivity index (χ2v) is 5.34. The molecule has 0 saturated carbocycles. The molecule has 0 bridgehead atoms. The zero-order chi connectivity index (χ0) is 15.6. The molecule has 0 aliphatic heterocycles. The first-order valence-corrected chi connectivity index (χ1v) is 7.22. The Morgan fingerprint density at radius 3 is 2.59 bits per heavy atom. The van der Waals surface area contributed by atoms with Crippen LogP contribution in [0.5, 0.6) is 5.75 Å². The van der Waals surface area contributed by atoms with Crippen molar-refractivity contribution in [3.63, 3.8) is 0 Å². The number of halogens is 3. The van der Waals surface area contributed by atoms with Crippen molar-refractivity contribution in [3.8, 4) is 5.75 Å². The van der Waals surface area contributed by atoms with Gasteiger partial charge in [0.2, 0.25) is 0 Å². The van der Waals surface area contributed by atoms with E-state index in [0.717, 1.165) is 10.1 Å². The summed E-state index contributed by atoms with van der Waals surface area (Å²) in [6.45, 7) is 0.194. The maximum absolute atomic E-state index is 12.4. The van der Waals surface area contributed by atoms with Crippen LogP contribution in [0, 0.1) is 0 Å². The van der Waals surface area contributed by atoms with Gasteiger partial charge in [-0.15, -0.1) is 13.2 Å². The monoisotopic (exact) mass is 324 g/mol. The molecule has 0 spiro atoms. The summed E-state index contributed by atoms with van der Waals surface area (Å²) in [7, 11) is 0. The molecule has 0 radical (unpaired) electrons. The average molecular weight is 324 g/mol. The minimum absolute atomic E-state index is 0.194. The van der Waals surface area contributed by atoms with Gasteiger partial charge < -0.3 is 10.1 Å². The summed E-state index contributed by atoms with van der Waals surface area (Å²) in [5, 5.41) is 4.01. The number of hydrogen-bond donors (Lipinski definition) is 1. The number of fused-ring (bicyclic) bond motifs is 1. The lowest BCUT2D eigenvalue weighted by molar-refractivity contribution is -0.274. The van der Waals surface area contributed by atoms with Gasteiger partial charge in [-0.3, -0.25) is 0 Å². The lowest BCUT2D eigenvalue weighted by atomic mass is 10.2. The maximum Gasteiger partial charge on any atom is 0.573 e. The quantitative estimate of drug-likeness (QED) is 0.748. The van der Waals surface area contributed by atoms with Gasteiger partial charge in [0, 0.05) is 17.5 Å². The number of nitrogens with zero attached hydrogens (tertiary/aromatic N) is 1. The summed E-state index contributed by atoms with van der Waals surface area (Å²) in [6.07, 6.45) is -4.70. The van der Waals surface area contributed by atoms with E-state index in [0.29, 0.717) is 11.4 Å². The Hall–Kier alpha value is -2.28. The predicted molar refractivity (Wildman–Crippen MR) is 80.1 cm³/mol. The Bertz CT molecular complexity index is 786. The van der Waals surface area contributed by atoms with E-state index in [9.17, 15) is 13.2 Å². The normalized spacial score (nSPS) is 11.6. The highest BCUT2D eigenvalue weighted by Crippen LogP contribution is 2.29. The molecule has 1 N–H and O–H groups in total. The fourth-order valence-corrected chi connectivity index (χ4v) is 2.82. The molecule has 0 aliphatic rings. The van der Waals surface area contributed by atoms with Crippen LogP contribution >= 0.6 is 11.5 Å². The largest absolute Gasteiger partial charge is 0.573 e. The molecule has 2 aromatic carbocycles. The Morgan fingerprint density at radius 2 is 1.77 bits per heavy atom. The molecule has 0 amide bonds. The van der Waals surface area contributed by atoms with Crippen LogP contribution in [0.15, 0.2) is 48.5 Å². The Labute approximate surface area is 128 Å². The standard InChI is InChI=1S/C15H11F3N2OS/c16-15(17,18)21-12-7-3-1-5-10(12)9-19-14-11-6-2-4-8-13(11)22-20-14/h1-8H,9H2,(H,19,20). The molecule has 3 aromatic rings. The van der Waals surface area contributed by atoms with Crippen molar-refractivity contribution < 1.29 is 17.9 Å². The molecule has 0 fully saturated rings. The van der Waals surface area contributed by atoms with Crippen LogP contribution in [0.2, 0.25) is 0 Å². The molecular formula is C15H11F3N2OS. The summed E-state index contributed by atoms with van der Waals surface area (Å²) < 4.78 is 46.5. The van der Waals surface area contributed by atoms with Crippen LogP contribution in [-0.4, -0.2) is 10.7 Å². The first kappa shape index (κ1) is 14.6. The predicted octanol–water partition coefficient (Wildman–Crippen LogP) is 4.81. The molecule has 7 heteroatoms. The molecule has 1 heterocycles. The summed E-state index contributed by atoms with van der Waals surface area (Å²) in [6, 6.07) is 13.7. The first-order chi connectivity index (χ1) is 10.5. The molecule has 0 aliphatic carbocycles. The van der Waals surface area contributed by atoms with E-state index >= 15 is 0 Å². The molecular weight excluding hydrogens is 313 g/mol. The van der Waals surface area contributed by atoms with Gasteiger partial charge in [0.15, 0.2) is 0 Å². The number of alkyl halides is 3. The van der Waals surface area contributed by atoms with E-state index in [1.807, 2.05) is 24.3 Å². The zero-order valence-electron chi connectivity index (χ0n) is 11.2. The van der Waals surface area contributed by atoms with Gasteiger partial charge in [0.25, 0.3) is 0 Å². The van der Waals surface area contributed by atoms with E-state index in [4.69, 9.17) is 0 Å². The van der Waals surface area contributed by atoms with Gasteiger partial charge in [0.05, 0.1) is 4.70 Å². The van der Waals surface area contributed by atoms with Gasteiger partial charge in [-0.25, -0.2) is 0 Å². The van der Waals surface area contributed by atoms with E-state index < -0.39 is 6.36 Å². The highest BCUT2D eigenvalue weighted by molar-refractivity contribution is 7.13. The second-order valence-electron chi connectivity index (χ2n) is 4.54. The van der Waals surface area contributed by atoms with E-state index in [1.165, 1.54) is 23.7 Å². The number of hydrogen-bond acceptors (Lipinski definition) is 4. The summed E-state index contributed by atoms with van der Waals surface area (Å²) in [5.74, 6) is 0.449. The smallest absolute Gasteiger partial charge is 0.405 e. The number of para-hydroxylation sites is 1. The molecule has 114 valence electrons. The molecule has 3 nitrogen and oxygen atoms in total. The topological polar surface area (TPSA) is 34.1 Å². The maximum atomic E-state index is 12.4. The molecule has 0 atom stereocenters. The first-order valence-electron chi connectivity index (χ1n) is 6.45. The van der Waals surface area contributed by atoms with Crippen LogP contribution in [-0.2, 0) is 6.54 Å². The lowest BCUT2D eigenvalue weighted by Crippen LogP contribution is -2.18. The van der Waals surface area contributed by atoms with Gasteiger partial charge in [0.1, 0.15) is 11.6 Å². The number of rotatable bonds is 4. The number of benzene rings is 2. The van der Waals surface area contributed by atoms with Crippen LogP contribution in [0.25, 0.3) is 10.1 Å². The highest BCUT2D eigenvalue weighted by Gasteiger charge is 2.31. The van der Waals surface area contributed by atoms with Crippen molar-refractivity contribution in [2.24, 2.45) is 0 Å².